The second-order valence-corrected chi connectivity index (χ2v) is 12.9. The molecule has 1 fully saturated rings. The summed E-state index contributed by atoms with van der Waals surface area (Å²) in [5.74, 6) is -1.05. The first-order valence-electron chi connectivity index (χ1n) is 17.0. The van der Waals surface area contributed by atoms with Gasteiger partial charge in [-0.05, 0) is 77.4 Å². The number of rotatable bonds is 13. The van der Waals surface area contributed by atoms with Crippen LogP contribution >= 0.6 is 0 Å². The number of nitro benzene ring substituents is 1. The average Bonchev–Trinajstić information content (AvgIpc) is 3.77. The van der Waals surface area contributed by atoms with Gasteiger partial charge in [0.15, 0.2) is 0 Å². The number of anilines is 1. The molecule has 0 aromatic heterocycles. The van der Waals surface area contributed by atoms with Crippen molar-refractivity contribution in [3.8, 4) is 16.9 Å². The lowest BCUT2D eigenvalue weighted by Crippen LogP contribution is -2.53. The number of amides is 3. The number of ether oxygens (including phenoxy) is 3. The average molecular weight is 707 g/mol. The molecule has 1 unspecified atom stereocenters. The number of non-ortho nitro benzene ring substituents is 1. The predicted molar refractivity (Wildman–Crippen MR) is 190 cm³/mol. The molecule has 2 aliphatic rings. The Morgan fingerprint density at radius 2 is 1.56 bits per heavy atom. The number of nitro groups is 1. The molecule has 1 aliphatic heterocycles. The predicted octanol–water partition coefficient (Wildman–Crippen LogP) is 6.34. The molecule has 3 atom stereocenters. The molecule has 13 heteroatoms. The highest BCUT2D eigenvalue weighted by molar-refractivity contribution is 5.98. The van der Waals surface area contributed by atoms with E-state index >= 15 is 0 Å². The smallest absolute Gasteiger partial charge is 0.410 e. The van der Waals surface area contributed by atoms with E-state index in [2.05, 4.69) is 22.8 Å². The van der Waals surface area contributed by atoms with Crippen molar-refractivity contribution in [2.45, 2.75) is 51.0 Å². The number of carbonyl (C=O) groups excluding carboxylic acids is 4. The van der Waals surface area contributed by atoms with Crippen molar-refractivity contribution >= 4 is 35.8 Å². The Bertz CT molecular complexity index is 1900. The largest absolute Gasteiger partial charge is 0.450 e. The molecule has 0 bridgehead atoms. The molecule has 4 aromatic carbocycles. The second kappa shape index (κ2) is 15.8. The Kier molecular flexibility index (Phi) is 10.8. The van der Waals surface area contributed by atoms with Gasteiger partial charge in [0.1, 0.15) is 24.4 Å². The fourth-order valence-corrected chi connectivity index (χ4v) is 6.66. The van der Waals surface area contributed by atoms with Gasteiger partial charge in [-0.3, -0.25) is 29.4 Å². The van der Waals surface area contributed by atoms with Crippen molar-refractivity contribution in [3.63, 3.8) is 0 Å². The lowest BCUT2D eigenvalue weighted by atomic mass is 9.98. The zero-order chi connectivity index (χ0) is 36.8. The van der Waals surface area contributed by atoms with E-state index in [1.54, 1.807) is 24.3 Å². The Hall–Kier alpha value is -6.24. The molecule has 1 saturated heterocycles. The molecular weight excluding hydrogens is 668 g/mol. The third kappa shape index (κ3) is 7.73. The normalized spacial score (nSPS) is 15.9. The van der Waals surface area contributed by atoms with Crippen LogP contribution in [0.5, 0.6) is 5.75 Å². The van der Waals surface area contributed by atoms with Crippen molar-refractivity contribution < 1.29 is 38.3 Å². The first kappa shape index (κ1) is 35.6. The summed E-state index contributed by atoms with van der Waals surface area (Å²) in [6.07, 6.45) is -0.664. The molecule has 0 spiro atoms. The summed E-state index contributed by atoms with van der Waals surface area (Å²) in [7, 11) is 0. The van der Waals surface area contributed by atoms with Crippen LogP contribution in [0.2, 0.25) is 0 Å². The maximum absolute atomic E-state index is 13.6. The fraction of sp³-hybridized carbons (Fsp3) is 0.282. The summed E-state index contributed by atoms with van der Waals surface area (Å²) >= 11 is 0. The first-order chi connectivity index (χ1) is 25.1. The van der Waals surface area contributed by atoms with E-state index in [1.165, 1.54) is 29.2 Å². The van der Waals surface area contributed by atoms with E-state index in [1.807, 2.05) is 50.2 Å². The van der Waals surface area contributed by atoms with Gasteiger partial charge in [-0.25, -0.2) is 4.79 Å². The minimum Gasteiger partial charge on any atom is -0.450 e. The number of nitrogens with zero attached hydrogens (tertiary/aromatic N) is 2. The van der Waals surface area contributed by atoms with Crippen molar-refractivity contribution in [3.05, 3.63) is 124 Å². The Labute approximate surface area is 300 Å². The molecule has 0 radical (unpaired) electrons. The van der Waals surface area contributed by atoms with E-state index in [0.29, 0.717) is 30.6 Å². The number of carbonyl (C=O) groups is 4. The summed E-state index contributed by atoms with van der Waals surface area (Å²) < 4.78 is 16.6. The van der Waals surface area contributed by atoms with Gasteiger partial charge in [0.25, 0.3) is 18.4 Å². The van der Waals surface area contributed by atoms with E-state index in [9.17, 15) is 29.3 Å². The van der Waals surface area contributed by atoms with Gasteiger partial charge in [0.2, 0.25) is 11.8 Å². The molecular formula is C39H38N4O9. The molecule has 2 N–H and O–H groups in total. The van der Waals surface area contributed by atoms with Crippen LogP contribution < -0.4 is 15.4 Å². The van der Waals surface area contributed by atoms with Crippen LogP contribution in [0.1, 0.15) is 55.6 Å². The lowest BCUT2D eigenvalue weighted by Gasteiger charge is -2.28. The van der Waals surface area contributed by atoms with Gasteiger partial charge >= 0.3 is 6.09 Å². The van der Waals surface area contributed by atoms with Crippen LogP contribution in [-0.2, 0) is 23.9 Å². The summed E-state index contributed by atoms with van der Waals surface area (Å²) in [4.78, 5) is 63.4. The monoisotopic (exact) mass is 706 g/mol. The molecule has 13 nitrogen and oxygen atoms in total. The SMILES string of the molecule is CC(C)[C@H](NC(=O)[C@@H]1CCCN1C(=O)OCC1c2ccccc2-c2ccccc21)C(=O)Nc1ccc(C(OC=O)Oc2ccc([N+](=O)[O-])cc2)cc1. The molecule has 3 amide bonds. The van der Waals surface area contributed by atoms with Crippen molar-refractivity contribution in [2.75, 3.05) is 18.5 Å². The van der Waals surface area contributed by atoms with Crippen LogP contribution in [0.15, 0.2) is 97.1 Å². The van der Waals surface area contributed by atoms with Gasteiger partial charge in [0, 0.05) is 35.8 Å². The van der Waals surface area contributed by atoms with E-state index in [4.69, 9.17) is 14.2 Å². The highest BCUT2D eigenvalue weighted by Crippen LogP contribution is 2.44. The molecule has 1 aliphatic carbocycles. The number of hydrogen-bond acceptors (Lipinski definition) is 9. The Morgan fingerprint density at radius 3 is 2.15 bits per heavy atom. The third-order valence-corrected chi connectivity index (χ3v) is 9.29. The van der Waals surface area contributed by atoms with Crippen molar-refractivity contribution in [1.82, 2.24) is 10.2 Å². The second-order valence-electron chi connectivity index (χ2n) is 12.9. The number of likely N-dealkylation sites (tertiary alicyclic amines) is 1. The number of nitrogens with one attached hydrogen (secondary N) is 2. The minimum absolute atomic E-state index is 0.111. The Morgan fingerprint density at radius 1 is 0.923 bits per heavy atom. The molecule has 6 rings (SSSR count). The van der Waals surface area contributed by atoms with Crippen LogP contribution in [0, 0.1) is 16.0 Å². The summed E-state index contributed by atoms with van der Waals surface area (Å²) in [6.45, 7) is 4.34. The lowest BCUT2D eigenvalue weighted by molar-refractivity contribution is -0.384. The number of hydrogen-bond donors (Lipinski definition) is 2. The molecule has 0 saturated carbocycles. The van der Waals surface area contributed by atoms with Gasteiger partial charge in [-0.1, -0.05) is 62.4 Å². The van der Waals surface area contributed by atoms with Gasteiger partial charge in [-0.2, -0.15) is 0 Å². The standard InChI is InChI=1S/C39H38N4O9/c1-24(2)35(37(46)40-26-15-13-25(14-16-26)38(51-23-44)52-28-19-17-27(18-20-28)43(48)49)41-36(45)34-12-7-21-42(34)39(47)50-22-33-31-10-5-3-8-29(31)30-9-4-6-11-32(30)33/h3-6,8-11,13-20,23-24,33-35,38H,7,12,21-22H2,1-2H3,(H,40,46)(H,41,45)/t34-,35-,38?/m0/s1. The number of fused-ring (bicyclic) bond motifs is 3. The van der Waals surface area contributed by atoms with Crippen LogP contribution in [0.3, 0.4) is 0 Å². The van der Waals surface area contributed by atoms with E-state index in [0.717, 1.165) is 22.3 Å². The summed E-state index contributed by atoms with van der Waals surface area (Å²) in [5.41, 5.74) is 5.16. The molecule has 4 aromatic rings. The van der Waals surface area contributed by atoms with Crippen molar-refractivity contribution in [1.29, 1.82) is 0 Å². The molecule has 1 heterocycles. The highest BCUT2D eigenvalue weighted by Gasteiger charge is 2.38. The van der Waals surface area contributed by atoms with Crippen LogP contribution in [0.25, 0.3) is 11.1 Å². The van der Waals surface area contributed by atoms with Crippen LogP contribution in [-0.4, -0.2) is 59.4 Å². The van der Waals surface area contributed by atoms with E-state index < -0.39 is 41.2 Å². The topological polar surface area (TPSA) is 166 Å². The summed E-state index contributed by atoms with van der Waals surface area (Å²) in [6, 6.07) is 26.1. The Balaban J connectivity index is 1.06. The highest BCUT2D eigenvalue weighted by atomic mass is 16.7. The van der Waals surface area contributed by atoms with Crippen LogP contribution in [0.4, 0.5) is 16.2 Å². The third-order valence-electron chi connectivity index (χ3n) is 9.29. The minimum atomic E-state index is -1.16. The zero-order valence-corrected chi connectivity index (χ0v) is 28.6. The molecule has 52 heavy (non-hydrogen) atoms. The van der Waals surface area contributed by atoms with E-state index in [-0.39, 0.29) is 36.4 Å². The zero-order valence-electron chi connectivity index (χ0n) is 28.6. The van der Waals surface area contributed by atoms with Crippen molar-refractivity contribution in [2.24, 2.45) is 5.92 Å². The maximum atomic E-state index is 13.6. The van der Waals surface area contributed by atoms with Gasteiger partial charge in [-0.15, -0.1) is 0 Å². The number of benzene rings is 4. The quantitative estimate of drug-likeness (QED) is 0.0698. The summed E-state index contributed by atoms with van der Waals surface area (Å²) in [5, 5.41) is 16.6. The maximum Gasteiger partial charge on any atom is 0.410 e. The fourth-order valence-electron chi connectivity index (χ4n) is 6.66. The molecule has 268 valence electrons. The van der Waals surface area contributed by atoms with Gasteiger partial charge in [0.05, 0.1) is 4.92 Å². The van der Waals surface area contributed by atoms with Gasteiger partial charge < -0.3 is 24.8 Å². The first-order valence-corrected chi connectivity index (χ1v) is 17.0.